The minimum Gasteiger partial charge on any atom is -0.495 e. The van der Waals surface area contributed by atoms with Crippen LogP contribution >= 0.6 is 0 Å². The van der Waals surface area contributed by atoms with Gasteiger partial charge in [-0.15, -0.1) is 0 Å². The van der Waals surface area contributed by atoms with Gasteiger partial charge in [-0.25, -0.2) is 9.97 Å². The van der Waals surface area contributed by atoms with E-state index in [9.17, 15) is 4.79 Å². The van der Waals surface area contributed by atoms with Crippen LogP contribution in [0.5, 0.6) is 5.75 Å². The second kappa shape index (κ2) is 8.08. The van der Waals surface area contributed by atoms with Crippen molar-refractivity contribution >= 4 is 23.2 Å². The molecule has 6 nitrogen and oxygen atoms in total. The predicted molar refractivity (Wildman–Crippen MR) is 112 cm³/mol. The molecule has 0 bridgehead atoms. The zero-order valence-electron chi connectivity index (χ0n) is 16.8. The lowest BCUT2D eigenvalue weighted by Crippen LogP contribution is -2.16. The molecular formula is C22H24N4O2. The number of benzene rings is 2. The molecule has 0 saturated carbocycles. The van der Waals surface area contributed by atoms with Crippen LogP contribution in [0.15, 0.2) is 42.5 Å². The maximum absolute atomic E-state index is 12.8. The van der Waals surface area contributed by atoms with Gasteiger partial charge in [0, 0.05) is 11.4 Å². The molecule has 0 aliphatic heterocycles. The average Bonchev–Trinajstić information content (AvgIpc) is 2.64. The molecular weight excluding hydrogens is 352 g/mol. The summed E-state index contributed by atoms with van der Waals surface area (Å²) < 4.78 is 5.39. The van der Waals surface area contributed by atoms with E-state index in [2.05, 4.69) is 20.6 Å². The number of methoxy groups -OCH3 is 1. The van der Waals surface area contributed by atoms with E-state index >= 15 is 0 Å². The first kappa shape index (κ1) is 19.4. The number of carbonyl (C=O) groups is 1. The fraction of sp³-hybridized carbons (Fsp3) is 0.227. The van der Waals surface area contributed by atoms with Gasteiger partial charge in [0.25, 0.3) is 5.91 Å². The van der Waals surface area contributed by atoms with Crippen molar-refractivity contribution in [3.8, 4) is 5.75 Å². The number of hydrogen-bond donors (Lipinski definition) is 2. The Bertz CT molecular complexity index is 1030. The Labute approximate surface area is 165 Å². The summed E-state index contributed by atoms with van der Waals surface area (Å²) in [6, 6.07) is 13.4. The van der Waals surface area contributed by atoms with Crippen LogP contribution in [-0.4, -0.2) is 23.0 Å². The van der Waals surface area contributed by atoms with Gasteiger partial charge in [0.2, 0.25) is 5.95 Å². The number of aromatic nitrogens is 2. The molecule has 1 aromatic heterocycles. The van der Waals surface area contributed by atoms with Gasteiger partial charge in [0.05, 0.1) is 12.8 Å². The lowest BCUT2D eigenvalue weighted by atomic mass is 10.1. The summed E-state index contributed by atoms with van der Waals surface area (Å²) >= 11 is 0. The zero-order chi connectivity index (χ0) is 20.3. The van der Waals surface area contributed by atoms with Crippen LogP contribution in [0.2, 0.25) is 0 Å². The molecule has 0 atom stereocenters. The average molecular weight is 376 g/mol. The number of aryl methyl sites for hydroxylation is 4. The molecule has 0 fully saturated rings. The first-order chi connectivity index (χ1) is 13.4. The van der Waals surface area contributed by atoms with Gasteiger partial charge in [-0.05, 0) is 68.7 Å². The van der Waals surface area contributed by atoms with Gasteiger partial charge in [0.15, 0.2) is 0 Å². The van der Waals surface area contributed by atoms with Crippen molar-refractivity contribution in [3.63, 3.8) is 0 Å². The first-order valence-corrected chi connectivity index (χ1v) is 9.01. The first-order valence-electron chi connectivity index (χ1n) is 9.01. The highest BCUT2D eigenvalue weighted by atomic mass is 16.5. The van der Waals surface area contributed by atoms with Gasteiger partial charge < -0.3 is 15.4 Å². The van der Waals surface area contributed by atoms with Crippen molar-refractivity contribution in [1.82, 2.24) is 9.97 Å². The van der Waals surface area contributed by atoms with E-state index in [1.807, 2.05) is 64.1 Å². The van der Waals surface area contributed by atoms with Gasteiger partial charge in [-0.1, -0.05) is 18.2 Å². The molecule has 0 aliphatic carbocycles. The zero-order valence-corrected chi connectivity index (χ0v) is 16.8. The van der Waals surface area contributed by atoms with E-state index in [1.54, 1.807) is 13.2 Å². The number of rotatable bonds is 5. The van der Waals surface area contributed by atoms with Crippen LogP contribution in [0.1, 0.15) is 32.9 Å². The van der Waals surface area contributed by atoms with Crippen molar-refractivity contribution in [1.29, 1.82) is 0 Å². The van der Waals surface area contributed by atoms with Crippen LogP contribution in [0.25, 0.3) is 0 Å². The minimum atomic E-state index is -0.279. The molecule has 2 aromatic carbocycles. The Kier molecular flexibility index (Phi) is 5.59. The van der Waals surface area contributed by atoms with Crippen molar-refractivity contribution in [2.24, 2.45) is 0 Å². The van der Waals surface area contributed by atoms with E-state index in [0.29, 0.717) is 23.1 Å². The van der Waals surface area contributed by atoms with Crippen molar-refractivity contribution < 1.29 is 9.53 Å². The third-order valence-corrected chi connectivity index (χ3v) is 4.33. The van der Waals surface area contributed by atoms with Crippen molar-refractivity contribution in [2.75, 3.05) is 17.7 Å². The van der Waals surface area contributed by atoms with Crippen LogP contribution in [0.4, 0.5) is 17.3 Å². The molecule has 6 heteroatoms. The summed E-state index contributed by atoms with van der Waals surface area (Å²) in [6.45, 7) is 7.76. The second-order valence-electron chi connectivity index (χ2n) is 6.82. The number of hydrogen-bond acceptors (Lipinski definition) is 5. The molecule has 3 rings (SSSR count). The Morgan fingerprint density at radius 3 is 2.29 bits per heavy atom. The standard InChI is InChI=1S/C22H24N4O2/c1-13-6-8-15(3)17(10-13)24-21(27)19-12-16(4)23-22(26-19)25-18-11-14(2)7-9-20(18)28-5/h6-12H,1-5H3,(H,24,27)(H,23,25,26). The normalized spacial score (nSPS) is 10.5. The molecule has 0 aliphatic rings. The number of anilines is 3. The SMILES string of the molecule is COc1ccc(C)cc1Nc1nc(C)cc(C(=O)Nc2cc(C)ccc2C)n1. The Morgan fingerprint density at radius 1 is 0.893 bits per heavy atom. The maximum Gasteiger partial charge on any atom is 0.274 e. The van der Waals surface area contributed by atoms with Crippen LogP contribution in [0, 0.1) is 27.7 Å². The lowest BCUT2D eigenvalue weighted by molar-refractivity contribution is 0.102. The van der Waals surface area contributed by atoms with Gasteiger partial charge >= 0.3 is 0 Å². The lowest BCUT2D eigenvalue weighted by Gasteiger charge is -2.13. The fourth-order valence-corrected chi connectivity index (χ4v) is 2.84. The van der Waals surface area contributed by atoms with E-state index in [1.165, 1.54) is 0 Å². The van der Waals surface area contributed by atoms with E-state index in [-0.39, 0.29) is 5.91 Å². The van der Waals surface area contributed by atoms with Crippen LogP contribution in [0.3, 0.4) is 0 Å². The highest BCUT2D eigenvalue weighted by molar-refractivity contribution is 6.03. The molecule has 3 aromatic rings. The molecule has 144 valence electrons. The molecule has 0 spiro atoms. The van der Waals surface area contributed by atoms with Gasteiger partial charge in [-0.2, -0.15) is 0 Å². The summed E-state index contributed by atoms with van der Waals surface area (Å²) in [4.78, 5) is 21.5. The molecule has 2 N–H and O–H groups in total. The highest BCUT2D eigenvalue weighted by Gasteiger charge is 2.13. The summed E-state index contributed by atoms with van der Waals surface area (Å²) in [7, 11) is 1.61. The minimum absolute atomic E-state index is 0.279. The summed E-state index contributed by atoms with van der Waals surface area (Å²) in [5, 5.41) is 6.09. The molecule has 28 heavy (non-hydrogen) atoms. The number of nitrogens with one attached hydrogen (secondary N) is 2. The van der Waals surface area contributed by atoms with E-state index in [4.69, 9.17) is 4.74 Å². The topological polar surface area (TPSA) is 76.1 Å². The largest absolute Gasteiger partial charge is 0.495 e. The monoisotopic (exact) mass is 376 g/mol. The Morgan fingerprint density at radius 2 is 1.57 bits per heavy atom. The summed E-state index contributed by atoms with van der Waals surface area (Å²) in [5.41, 5.74) is 5.65. The molecule has 0 unspecified atom stereocenters. The van der Waals surface area contributed by atoms with Crippen molar-refractivity contribution in [3.05, 3.63) is 70.5 Å². The third-order valence-electron chi connectivity index (χ3n) is 4.33. The van der Waals surface area contributed by atoms with E-state index < -0.39 is 0 Å². The smallest absolute Gasteiger partial charge is 0.274 e. The second-order valence-corrected chi connectivity index (χ2v) is 6.82. The van der Waals surface area contributed by atoms with Gasteiger partial charge in [0.1, 0.15) is 11.4 Å². The van der Waals surface area contributed by atoms with Crippen LogP contribution in [-0.2, 0) is 0 Å². The van der Waals surface area contributed by atoms with Crippen LogP contribution < -0.4 is 15.4 Å². The quantitative estimate of drug-likeness (QED) is 0.674. The number of nitrogens with zero attached hydrogens (tertiary/aromatic N) is 2. The number of amides is 1. The molecule has 1 amide bonds. The van der Waals surface area contributed by atoms with Gasteiger partial charge in [-0.3, -0.25) is 4.79 Å². The predicted octanol–water partition coefficient (Wildman–Crippen LogP) is 4.71. The summed E-state index contributed by atoms with van der Waals surface area (Å²) in [6.07, 6.45) is 0. The maximum atomic E-state index is 12.8. The Hall–Kier alpha value is -3.41. The Balaban J connectivity index is 1.88. The number of ether oxygens (including phenoxy) is 1. The third kappa shape index (κ3) is 4.46. The van der Waals surface area contributed by atoms with E-state index in [0.717, 1.165) is 28.1 Å². The fourth-order valence-electron chi connectivity index (χ4n) is 2.84. The highest BCUT2D eigenvalue weighted by Crippen LogP contribution is 2.27. The molecule has 0 saturated heterocycles. The summed E-state index contributed by atoms with van der Waals surface area (Å²) in [5.74, 6) is 0.741. The number of carbonyl (C=O) groups excluding carboxylic acids is 1. The van der Waals surface area contributed by atoms with Crippen molar-refractivity contribution in [2.45, 2.75) is 27.7 Å². The molecule has 0 radical (unpaired) electrons. The molecule has 1 heterocycles.